The highest BCUT2D eigenvalue weighted by Crippen LogP contribution is 2.66. The highest BCUT2D eigenvalue weighted by molar-refractivity contribution is 5.88. The summed E-state index contributed by atoms with van der Waals surface area (Å²) in [4.78, 5) is 31.6. The predicted molar refractivity (Wildman–Crippen MR) is 117 cm³/mol. The molecule has 6 nitrogen and oxygen atoms in total. The van der Waals surface area contributed by atoms with Crippen molar-refractivity contribution in [1.29, 1.82) is 0 Å². The van der Waals surface area contributed by atoms with Crippen LogP contribution in [0.25, 0.3) is 0 Å². The number of oxime groups is 1. The summed E-state index contributed by atoms with van der Waals surface area (Å²) in [5.41, 5.74) is 1.13. The van der Waals surface area contributed by atoms with Crippen LogP contribution in [0, 0.1) is 40.4 Å². The molecule has 5 aliphatic rings. The average molecular weight is 431 g/mol. The zero-order valence-corrected chi connectivity index (χ0v) is 19.3. The van der Waals surface area contributed by atoms with Gasteiger partial charge < -0.3 is 14.9 Å². The third-order valence-corrected chi connectivity index (χ3v) is 10.1. The Hall–Kier alpha value is -1.43. The number of methoxy groups -OCH3 is 1. The van der Waals surface area contributed by atoms with E-state index in [1.165, 1.54) is 7.11 Å². The first kappa shape index (κ1) is 21.4. The van der Waals surface area contributed by atoms with Gasteiger partial charge in [0.1, 0.15) is 11.9 Å². The Balaban J connectivity index is 1.41. The lowest BCUT2D eigenvalue weighted by Gasteiger charge is -2.61. The maximum Gasteiger partial charge on any atom is 0.308 e. The first-order valence-electron chi connectivity index (χ1n) is 12.4. The molecule has 1 aliphatic heterocycles. The molecule has 0 radical (unpaired) electrons. The minimum absolute atomic E-state index is 0.0713. The van der Waals surface area contributed by atoms with E-state index >= 15 is 0 Å². The number of carbonyl (C=O) groups excluding carboxylic acids is 2. The monoisotopic (exact) mass is 430 g/mol. The van der Waals surface area contributed by atoms with Gasteiger partial charge in [0, 0.05) is 24.8 Å². The van der Waals surface area contributed by atoms with Crippen molar-refractivity contribution in [3.05, 3.63) is 0 Å². The summed E-state index contributed by atoms with van der Waals surface area (Å²) in [6.07, 6.45) is 8.75. The van der Waals surface area contributed by atoms with Gasteiger partial charge in [-0.3, -0.25) is 9.59 Å². The van der Waals surface area contributed by atoms with Crippen molar-refractivity contribution in [2.24, 2.45) is 45.6 Å². The molecule has 1 unspecified atom stereocenters. The van der Waals surface area contributed by atoms with Crippen LogP contribution in [-0.4, -0.2) is 43.8 Å². The lowest BCUT2D eigenvalue weighted by molar-refractivity contribution is -0.171. The molecule has 0 aromatic heterocycles. The molecular weight excluding hydrogens is 392 g/mol. The Kier molecular flexibility index (Phi) is 5.43. The van der Waals surface area contributed by atoms with E-state index in [1.807, 2.05) is 0 Å². The van der Waals surface area contributed by atoms with Crippen LogP contribution in [0.1, 0.15) is 71.6 Å². The smallest absolute Gasteiger partial charge is 0.308 e. The second kappa shape index (κ2) is 7.86. The maximum atomic E-state index is 13.0. The Morgan fingerprint density at radius 2 is 1.97 bits per heavy atom. The van der Waals surface area contributed by atoms with Gasteiger partial charge >= 0.3 is 5.97 Å². The molecule has 4 saturated carbocycles. The standard InChI is InChI=1S/C25H38N2O4/c1-24-9-6-16(27-31-17-8-11-26-14-17)12-15(24)13-18(23(29)30-3)22-19-4-5-21(28)25(19,2)10-7-20(22)24/h15,17-20,22,26H,4-14H2,1-3H3/b27-16+/t15?,17-,18-,19+,20+,22+,24+,25+/m1/s1. The van der Waals surface area contributed by atoms with Gasteiger partial charge in [-0.05, 0) is 80.6 Å². The molecule has 172 valence electrons. The van der Waals surface area contributed by atoms with Gasteiger partial charge in [-0.15, -0.1) is 0 Å². The van der Waals surface area contributed by atoms with Crippen molar-refractivity contribution in [3.8, 4) is 0 Å². The van der Waals surface area contributed by atoms with Crippen LogP contribution in [0.15, 0.2) is 5.16 Å². The Morgan fingerprint density at radius 1 is 1.13 bits per heavy atom. The van der Waals surface area contributed by atoms with E-state index in [4.69, 9.17) is 9.57 Å². The largest absolute Gasteiger partial charge is 0.469 e. The number of ketones is 1. The number of fused-ring (bicyclic) bond motifs is 5. The number of ether oxygens (including phenoxy) is 1. The number of hydrogen-bond donors (Lipinski definition) is 1. The molecule has 0 bridgehead atoms. The van der Waals surface area contributed by atoms with Gasteiger partial charge in [0.05, 0.1) is 18.7 Å². The summed E-state index contributed by atoms with van der Waals surface area (Å²) >= 11 is 0. The molecule has 0 aromatic rings. The van der Waals surface area contributed by atoms with Crippen LogP contribution in [-0.2, 0) is 19.2 Å². The Bertz CT molecular complexity index is 775. The summed E-state index contributed by atoms with van der Waals surface area (Å²) < 4.78 is 5.32. The van der Waals surface area contributed by atoms with Gasteiger partial charge in [0.15, 0.2) is 0 Å². The van der Waals surface area contributed by atoms with Crippen LogP contribution in [0.3, 0.4) is 0 Å². The molecule has 1 N–H and O–H groups in total. The van der Waals surface area contributed by atoms with Crippen molar-refractivity contribution in [2.45, 2.75) is 77.7 Å². The fourth-order valence-electron chi connectivity index (χ4n) is 8.19. The third-order valence-electron chi connectivity index (χ3n) is 10.1. The van der Waals surface area contributed by atoms with Crippen molar-refractivity contribution >= 4 is 17.5 Å². The molecular formula is C25H38N2O4. The van der Waals surface area contributed by atoms with E-state index < -0.39 is 0 Å². The number of nitrogens with one attached hydrogen (secondary N) is 1. The highest BCUT2D eigenvalue weighted by Gasteiger charge is 2.63. The van der Waals surface area contributed by atoms with Crippen molar-refractivity contribution < 1.29 is 19.2 Å². The van der Waals surface area contributed by atoms with Crippen molar-refractivity contribution in [2.75, 3.05) is 20.2 Å². The number of rotatable bonds is 3. The minimum atomic E-state index is -0.235. The van der Waals surface area contributed by atoms with Gasteiger partial charge in [0.25, 0.3) is 0 Å². The van der Waals surface area contributed by atoms with Crippen LogP contribution in [0.5, 0.6) is 0 Å². The summed E-state index contributed by atoms with van der Waals surface area (Å²) in [7, 11) is 1.52. The topological polar surface area (TPSA) is 77.0 Å². The van der Waals surface area contributed by atoms with E-state index in [0.717, 1.165) is 70.2 Å². The summed E-state index contributed by atoms with van der Waals surface area (Å²) in [6, 6.07) is 0. The molecule has 31 heavy (non-hydrogen) atoms. The first-order chi connectivity index (χ1) is 14.9. The first-order valence-corrected chi connectivity index (χ1v) is 12.4. The third kappa shape index (κ3) is 3.35. The fourth-order valence-corrected chi connectivity index (χ4v) is 8.19. The highest BCUT2D eigenvalue weighted by atomic mass is 16.6. The number of Topliss-reactive ketones (excluding diaryl/α,β-unsaturated/α-hetero) is 1. The molecule has 4 aliphatic carbocycles. The lowest BCUT2D eigenvalue weighted by Crippen LogP contribution is -2.58. The molecule has 5 rings (SSSR count). The van der Waals surface area contributed by atoms with E-state index in [-0.39, 0.29) is 34.7 Å². The fraction of sp³-hybridized carbons (Fsp3) is 0.880. The van der Waals surface area contributed by atoms with Gasteiger partial charge in [-0.1, -0.05) is 19.0 Å². The molecule has 5 fully saturated rings. The van der Waals surface area contributed by atoms with Gasteiger partial charge in [-0.2, -0.15) is 0 Å². The van der Waals surface area contributed by atoms with Crippen molar-refractivity contribution in [3.63, 3.8) is 0 Å². The minimum Gasteiger partial charge on any atom is -0.469 e. The van der Waals surface area contributed by atoms with Crippen LogP contribution >= 0.6 is 0 Å². The number of esters is 1. The van der Waals surface area contributed by atoms with Crippen LogP contribution in [0.4, 0.5) is 0 Å². The molecule has 8 atom stereocenters. The number of nitrogens with zero attached hydrogens (tertiary/aromatic N) is 1. The van der Waals surface area contributed by atoms with Crippen molar-refractivity contribution in [1.82, 2.24) is 5.32 Å². The Morgan fingerprint density at radius 3 is 2.71 bits per heavy atom. The second-order valence-electron chi connectivity index (χ2n) is 11.4. The quantitative estimate of drug-likeness (QED) is 0.545. The van der Waals surface area contributed by atoms with E-state index in [9.17, 15) is 9.59 Å². The van der Waals surface area contributed by atoms with E-state index in [1.54, 1.807) is 0 Å². The normalized spacial score (nSPS) is 48.1. The second-order valence-corrected chi connectivity index (χ2v) is 11.4. The summed E-state index contributed by atoms with van der Waals surface area (Å²) in [6.45, 7) is 6.52. The molecule has 6 heteroatoms. The molecule has 0 amide bonds. The van der Waals surface area contributed by atoms with E-state index in [2.05, 4.69) is 24.3 Å². The van der Waals surface area contributed by atoms with E-state index in [0.29, 0.717) is 30.0 Å². The maximum absolute atomic E-state index is 13.0. The van der Waals surface area contributed by atoms with Crippen LogP contribution in [0.2, 0.25) is 0 Å². The molecule has 0 aromatic carbocycles. The predicted octanol–water partition coefficient (Wildman–Crippen LogP) is 3.73. The zero-order chi connectivity index (χ0) is 21.8. The lowest BCUT2D eigenvalue weighted by atomic mass is 9.43. The Labute approximate surface area is 185 Å². The number of hydrogen-bond acceptors (Lipinski definition) is 6. The van der Waals surface area contributed by atoms with Crippen LogP contribution < -0.4 is 5.32 Å². The average Bonchev–Trinajstić information content (AvgIpc) is 3.39. The summed E-state index contributed by atoms with van der Waals surface area (Å²) in [5, 5.41) is 7.89. The molecule has 0 spiro atoms. The zero-order valence-electron chi connectivity index (χ0n) is 19.3. The molecule has 1 heterocycles. The SMILES string of the molecule is COC(=O)[C@@H]1CC2C/C(=N/O[C@@H]3CCNC3)CC[C@]2(C)[C@H]2CC[C@]3(C)C(=O)CC[C@H]3[C@H]12. The van der Waals surface area contributed by atoms with Gasteiger partial charge in [0.2, 0.25) is 0 Å². The molecule has 1 saturated heterocycles. The number of carbonyl (C=O) groups is 2. The summed E-state index contributed by atoms with van der Waals surface area (Å²) in [5.74, 6) is 1.77. The van der Waals surface area contributed by atoms with Gasteiger partial charge in [-0.25, -0.2) is 0 Å².